The molecule has 1 heterocycles. The molecular formula is C13H18O2. The van der Waals surface area contributed by atoms with E-state index in [0.29, 0.717) is 0 Å². The molecule has 2 nitrogen and oxygen atoms in total. The highest BCUT2D eigenvalue weighted by Crippen LogP contribution is 2.35. The van der Waals surface area contributed by atoms with Crippen molar-refractivity contribution in [2.45, 2.75) is 44.8 Å². The lowest BCUT2D eigenvalue weighted by molar-refractivity contribution is 0.0607. The van der Waals surface area contributed by atoms with E-state index in [4.69, 9.17) is 4.74 Å². The van der Waals surface area contributed by atoms with Gasteiger partial charge in [-0.05, 0) is 12.5 Å². The topological polar surface area (TPSA) is 29.5 Å². The van der Waals surface area contributed by atoms with Gasteiger partial charge in [-0.1, -0.05) is 38.0 Å². The first-order chi connectivity index (χ1) is 7.31. The van der Waals surface area contributed by atoms with Gasteiger partial charge in [0.15, 0.2) is 0 Å². The number of hydrogen-bond donors (Lipinski definition) is 1. The maximum Gasteiger partial charge on any atom is 0.125 e. The molecule has 2 rings (SSSR count). The van der Waals surface area contributed by atoms with E-state index >= 15 is 0 Å². The molecule has 0 aliphatic carbocycles. The summed E-state index contributed by atoms with van der Waals surface area (Å²) in [6.45, 7) is 2.17. The molecular weight excluding hydrogens is 188 g/mol. The molecule has 0 aromatic heterocycles. The van der Waals surface area contributed by atoms with Crippen molar-refractivity contribution in [1.29, 1.82) is 0 Å². The minimum atomic E-state index is -0.350. The van der Waals surface area contributed by atoms with Gasteiger partial charge in [0.1, 0.15) is 11.9 Å². The Morgan fingerprint density at radius 2 is 2.20 bits per heavy atom. The molecule has 0 bridgehead atoms. The van der Waals surface area contributed by atoms with E-state index in [-0.39, 0.29) is 12.2 Å². The summed E-state index contributed by atoms with van der Waals surface area (Å²) >= 11 is 0. The van der Waals surface area contributed by atoms with Crippen LogP contribution >= 0.6 is 0 Å². The molecule has 2 atom stereocenters. The Morgan fingerprint density at radius 3 is 3.00 bits per heavy atom. The Labute approximate surface area is 90.9 Å². The number of para-hydroxylation sites is 1. The Morgan fingerprint density at radius 1 is 1.40 bits per heavy atom. The lowest BCUT2D eigenvalue weighted by Crippen LogP contribution is -2.25. The Hall–Kier alpha value is -1.02. The van der Waals surface area contributed by atoms with E-state index < -0.39 is 0 Å². The molecule has 0 saturated heterocycles. The Kier molecular flexibility index (Phi) is 3.27. The van der Waals surface area contributed by atoms with E-state index in [1.807, 2.05) is 24.3 Å². The minimum absolute atomic E-state index is 0.190. The van der Waals surface area contributed by atoms with Gasteiger partial charge in [-0.25, -0.2) is 0 Å². The van der Waals surface area contributed by atoms with Crippen molar-refractivity contribution < 1.29 is 9.84 Å². The van der Waals surface area contributed by atoms with Crippen LogP contribution in [0.25, 0.3) is 0 Å². The van der Waals surface area contributed by atoms with Gasteiger partial charge in [-0.2, -0.15) is 0 Å². The number of unbranched alkanes of at least 4 members (excludes halogenated alkanes) is 1. The molecule has 1 aromatic carbocycles. The van der Waals surface area contributed by atoms with Crippen molar-refractivity contribution in [1.82, 2.24) is 0 Å². The molecule has 1 N–H and O–H groups in total. The van der Waals surface area contributed by atoms with Crippen molar-refractivity contribution >= 4 is 0 Å². The van der Waals surface area contributed by atoms with E-state index in [9.17, 15) is 5.11 Å². The standard InChI is InChI=1S/C13H18O2/c1-2-3-6-10-9-12(14)11-7-4-5-8-13(11)15-10/h4-5,7-8,10,12,14H,2-3,6,9H2,1H3. The maximum absolute atomic E-state index is 9.95. The quantitative estimate of drug-likeness (QED) is 0.823. The highest BCUT2D eigenvalue weighted by atomic mass is 16.5. The van der Waals surface area contributed by atoms with Crippen molar-refractivity contribution in [2.75, 3.05) is 0 Å². The second kappa shape index (κ2) is 4.67. The van der Waals surface area contributed by atoms with Crippen LogP contribution in [0.5, 0.6) is 5.75 Å². The summed E-state index contributed by atoms with van der Waals surface area (Å²) in [5, 5.41) is 9.95. The van der Waals surface area contributed by atoms with E-state index in [1.165, 1.54) is 12.8 Å². The molecule has 0 amide bonds. The fourth-order valence-electron chi connectivity index (χ4n) is 2.08. The van der Waals surface area contributed by atoms with Crippen molar-refractivity contribution in [3.05, 3.63) is 29.8 Å². The van der Waals surface area contributed by atoms with Crippen LogP contribution in [0.2, 0.25) is 0 Å². The second-order valence-corrected chi connectivity index (χ2v) is 4.17. The maximum atomic E-state index is 9.95. The first-order valence-corrected chi connectivity index (χ1v) is 5.75. The third-order valence-corrected chi connectivity index (χ3v) is 2.94. The molecule has 0 spiro atoms. The number of ether oxygens (including phenoxy) is 1. The van der Waals surface area contributed by atoms with Gasteiger partial charge in [-0.3, -0.25) is 0 Å². The zero-order valence-electron chi connectivity index (χ0n) is 9.15. The molecule has 15 heavy (non-hydrogen) atoms. The largest absolute Gasteiger partial charge is 0.490 e. The second-order valence-electron chi connectivity index (χ2n) is 4.17. The molecule has 2 unspecified atom stereocenters. The lowest BCUT2D eigenvalue weighted by Gasteiger charge is -2.29. The first-order valence-electron chi connectivity index (χ1n) is 5.75. The normalized spacial score (nSPS) is 24.4. The average Bonchev–Trinajstić information content (AvgIpc) is 2.26. The zero-order valence-corrected chi connectivity index (χ0v) is 9.15. The third kappa shape index (κ3) is 2.32. The highest BCUT2D eigenvalue weighted by Gasteiger charge is 2.25. The van der Waals surface area contributed by atoms with Gasteiger partial charge in [0.05, 0.1) is 6.10 Å². The van der Waals surface area contributed by atoms with E-state index in [1.54, 1.807) is 0 Å². The number of hydrogen-bond acceptors (Lipinski definition) is 2. The highest BCUT2D eigenvalue weighted by molar-refractivity contribution is 5.36. The number of rotatable bonds is 3. The van der Waals surface area contributed by atoms with Crippen LogP contribution in [-0.4, -0.2) is 11.2 Å². The van der Waals surface area contributed by atoms with Crippen molar-refractivity contribution in [3.8, 4) is 5.75 Å². The molecule has 1 aliphatic heterocycles. The van der Waals surface area contributed by atoms with Gasteiger partial charge in [0, 0.05) is 12.0 Å². The Balaban J connectivity index is 2.08. The predicted octanol–water partition coefficient (Wildman–Crippen LogP) is 3.06. The molecule has 2 heteroatoms. The average molecular weight is 206 g/mol. The van der Waals surface area contributed by atoms with Crippen molar-refractivity contribution in [2.24, 2.45) is 0 Å². The van der Waals surface area contributed by atoms with Gasteiger partial charge >= 0.3 is 0 Å². The first kappa shape index (κ1) is 10.5. The molecule has 82 valence electrons. The van der Waals surface area contributed by atoms with Crippen LogP contribution in [0.15, 0.2) is 24.3 Å². The minimum Gasteiger partial charge on any atom is -0.490 e. The van der Waals surface area contributed by atoms with Crippen LogP contribution in [0.4, 0.5) is 0 Å². The number of benzene rings is 1. The summed E-state index contributed by atoms with van der Waals surface area (Å²) in [5.41, 5.74) is 0.935. The van der Waals surface area contributed by atoms with E-state index in [2.05, 4.69) is 6.92 Å². The summed E-state index contributed by atoms with van der Waals surface area (Å²) in [6.07, 6.45) is 3.96. The monoisotopic (exact) mass is 206 g/mol. The summed E-state index contributed by atoms with van der Waals surface area (Å²) in [6, 6.07) is 7.78. The van der Waals surface area contributed by atoms with Gasteiger partial charge < -0.3 is 9.84 Å². The number of fused-ring (bicyclic) bond motifs is 1. The van der Waals surface area contributed by atoms with Gasteiger partial charge in [-0.15, -0.1) is 0 Å². The molecule has 1 aromatic rings. The molecule has 0 fully saturated rings. The molecule has 1 aliphatic rings. The fourth-order valence-corrected chi connectivity index (χ4v) is 2.08. The molecule has 0 radical (unpaired) electrons. The summed E-state index contributed by atoms with van der Waals surface area (Å²) in [5.74, 6) is 0.859. The van der Waals surface area contributed by atoms with Crippen LogP contribution in [0, 0.1) is 0 Å². The number of aliphatic hydroxyl groups excluding tert-OH is 1. The number of aliphatic hydroxyl groups is 1. The summed E-state index contributed by atoms with van der Waals surface area (Å²) in [7, 11) is 0. The fraction of sp³-hybridized carbons (Fsp3) is 0.538. The Bertz CT molecular complexity index is 322. The summed E-state index contributed by atoms with van der Waals surface area (Å²) < 4.78 is 5.84. The van der Waals surface area contributed by atoms with Crippen LogP contribution in [0.1, 0.15) is 44.3 Å². The van der Waals surface area contributed by atoms with Gasteiger partial charge in [0.2, 0.25) is 0 Å². The SMILES string of the molecule is CCCCC1CC(O)c2ccccc2O1. The van der Waals surface area contributed by atoms with Crippen LogP contribution in [-0.2, 0) is 0 Å². The lowest BCUT2D eigenvalue weighted by atomic mass is 9.96. The van der Waals surface area contributed by atoms with Crippen molar-refractivity contribution in [3.63, 3.8) is 0 Å². The zero-order chi connectivity index (χ0) is 10.7. The van der Waals surface area contributed by atoms with Crippen LogP contribution in [0.3, 0.4) is 0 Å². The molecule has 0 saturated carbocycles. The van der Waals surface area contributed by atoms with Gasteiger partial charge in [0.25, 0.3) is 0 Å². The van der Waals surface area contributed by atoms with E-state index in [0.717, 1.165) is 24.2 Å². The predicted molar refractivity (Wildman–Crippen MR) is 60.0 cm³/mol. The smallest absolute Gasteiger partial charge is 0.125 e. The summed E-state index contributed by atoms with van der Waals surface area (Å²) in [4.78, 5) is 0. The third-order valence-electron chi connectivity index (χ3n) is 2.94. The van der Waals surface area contributed by atoms with Crippen LogP contribution < -0.4 is 4.74 Å².